The molecule has 1 aromatic heterocycles. The van der Waals surface area contributed by atoms with Crippen LogP contribution in [0.3, 0.4) is 0 Å². The predicted molar refractivity (Wildman–Crippen MR) is 147 cm³/mol. The molecule has 1 aliphatic heterocycles. The molecule has 1 aromatic carbocycles. The molecule has 0 amide bonds. The standard InChI is InChI=1S/C24H34BrClFN3O4SSi/c1-24(2,3)36(5,6)34-15-10-8-7-9-14(13-15)30-11-12-33-21-16-20(19(27)17(25)18(21)26)28-23(29-22(16)30)35(4,31)32/h14-15H,7-13H2,1-6H3. The minimum atomic E-state index is -3.80. The summed E-state index contributed by atoms with van der Waals surface area (Å²) in [6.45, 7) is 12.0. The lowest BCUT2D eigenvalue weighted by Gasteiger charge is -2.40. The van der Waals surface area contributed by atoms with Gasteiger partial charge >= 0.3 is 0 Å². The van der Waals surface area contributed by atoms with E-state index in [0.29, 0.717) is 24.4 Å². The SMILES string of the molecule is CC(C)(C)[Si](C)(C)OC1CCCCC(N2CCOc3c(Cl)c(Br)c(F)c4nc(S(C)(=O)=O)nc2c34)C1. The zero-order valence-electron chi connectivity index (χ0n) is 21.6. The van der Waals surface area contributed by atoms with E-state index in [0.717, 1.165) is 38.4 Å². The molecule has 0 spiro atoms. The molecule has 0 saturated heterocycles. The molecule has 0 bridgehead atoms. The van der Waals surface area contributed by atoms with Crippen LogP contribution in [0.25, 0.3) is 10.9 Å². The van der Waals surface area contributed by atoms with Gasteiger partial charge in [0, 0.05) is 18.4 Å². The van der Waals surface area contributed by atoms with Gasteiger partial charge in [0.25, 0.3) is 0 Å². The minimum absolute atomic E-state index is 0.0125. The molecular formula is C24H34BrClFN3O4SSi. The molecule has 7 nitrogen and oxygen atoms in total. The maximum Gasteiger partial charge on any atom is 0.249 e. The Hall–Kier alpha value is -1.01. The van der Waals surface area contributed by atoms with Gasteiger partial charge in [0.2, 0.25) is 15.0 Å². The smallest absolute Gasteiger partial charge is 0.249 e. The number of benzene rings is 1. The molecule has 12 heteroatoms. The fraction of sp³-hybridized carbons (Fsp3) is 0.667. The van der Waals surface area contributed by atoms with Crippen LogP contribution in [-0.4, -0.2) is 58.3 Å². The van der Waals surface area contributed by atoms with Crippen LogP contribution in [0, 0.1) is 5.82 Å². The van der Waals surface area contributed by atoms with Crippen molar-refractivity contribution in [1.82, 2.24) is 9.97 Å². The van der Waals surface area contributed by atoms with E-state index in [1.54, 1.807) is 0 Å². The Morgan fingerprint density at radius 2 is 1.89 bits per heavy atom. The second-order valence-electron chi connectivity index (χ2n) is 11.3. The molecule has 200 valence electrons. The van der Waals surface area contributed by atoms with Crippen LogP contribution in [0.1, 0.15) is 52.9 Å². The number of aromatic nitrogens is 2. The van der Waals surface area contributed by atoms with Crippen LogP contribution >= 0.6 is 27.5 Å². The van der Waals surface area contributed by atoms with E-state index < -0.39 is 29.1 Å². The summed E-state index contributed by atoms with van der Waals surface area (Å²) in [4.78, 5) is 10.6. The summed E-state index contributed by atoms with van der Waals surface area (Å²) >= 11 is 9.64. The number of hydrogen-bond donors (Lipinski definition) is 0. The number of rotatable bonds is 4. The molecule has 0 radical (unpaired) electrons. The Bertz CT molecular complexity index is 1290. The molecule has 1 aliphatic carbocycles. The lowest BCUT2D eigenvalue weighted by molar-refractivity contribution is 0.157. The highest BCUT2D eigenvalue weighted by Crippen LogP contribution is 2.47. The molecule has 1 saturated carbocycles. The van der Waals surface area contributed by atoms with E-state index in [9.17, 15) is 8.42 Å². The minimum Gasteiger partial charge on any atom is -0.489 e. The second kappa shape index (κ2) is 9.94. The van der Waals surface area contributed by atoms with Crippen LogP contribution < -0.4 is 9.64 Å². The predicted octanol–water partition coefficient (Wildman–Crippen LogP) is 6.51. The average molecular weight is 623 g/mol. The molecule has 36 heavy (non-hydrogen) atoms. The van der Waals surface area contributed by atoms with E-state index in [2.05, 4.69) is 64.7 Å². The number of hydrogen-bond acceptors (Lipinski definition) is 7. The summed E-state index contributed by atoms with van der Waals surface area (Å²) in [6, 6.07) is 0.0211. The van der Waals surface area contributed by atoms with Gasteiger partial charge in [-0.2, -0.15) is 0 Å². The molecule has 4 rings (SSSR count). The quantitative estimate of drug-likeness (QED) is 0.166. The molecule has 2 unspecified atom stereocenters. The number of halogens is 3. The van der Waals surface area contributed by atoms with E-state index in [4.69, 9.17) is 20.8 Å². The second-order valence-corrected chi connectivity index (χ2v) is 19.1. The van der Waals surface area contributed by atoms with Gasteiger partial charge in [0.15, 0.2) is 19.9 Å². The number of nitrogens with zero attached hydrogens (tertiary/aromatic N) is 3. The Morgan fingerprint density at radius 1 is 1.22 bits per heavy atom. The molecule has 2 atom stereocenters. The summed E-state index contributed by atoms with van der Waals surface area (Å²) < 4.78 is 53.1. The van der Waals surface area contributed by atoms with E-state index in [-0.39, 0.29) is 37.9 Å². The van der Waals surface area contributed by atoms with Crippen LogP contribution in [-0.2, 0) is 14.3 Å². The van der Waals surface area contributed by atoms with Crippen molar-refractivity contribution in [2.75, 3.05) is 24.3 Å². The molecule has 0 N–H and O–H groups in total. The molecule has 2 aromatic rings. The lowest BCUT2D eigenvalue weighted by atomic mass is 10.0. The summed E-state index contributed by atoms with van der Waals surface area (Å²) in [6.07, 6.45) is 5.81. The number of sulfone groups is 1. The Morgan fingerprint density at radius 3 is 2.53 bits per heavy atom. The normalized spacial score (nSPS) is 21.8. The van der Waals surface area contributed by atoms with Crippen LogP contribution in [0.5, 0.6) is 5.75 Å². The lowest BCUT2D eigenvalue weighted by Crippen LogP contribution is -2.46. The average Bonchev–Trinajstić information content (AvgIpc) is 3.10. The molecule has 1 fully saturated rings. The third-order valence-corrected chi connectivity index (χ3v) is 14.3. The van der Waals surface area contributed by atoms with Crippen molar-refractivity contribution in [3.63, 3.8) is 0 Å². The van der Waals surface area contributed by atoms with Gasteiger partial charge < -0.3 is 14.1 Å². The van der Waals surface area contributed by atoms with Crippen molar-refractivity contribution < 1.29 is 22.0 Å². The largest absolute Gasteiger partial charge is 0.489 e. The van der Waals surface area contributed by atoms with E-state index in [1.165, 1.54) is 0 Å². The summed E-state index contributed by atoms with van der Waals surface area (Å²) in [5.41, 5.74) is -0.124. The van der Waals surface area contributed by atoms with Crippen molar-refractivity contribution in [3.05, 3.63) is 15.3 Å². The highest BCUT2D eigenvalue weighted by atomic mass is 79.9. The Balaban J connectivity index is 1.84. The van der Waals surface area contributed by atoms with Crippen molar-refractivity contribution in [2.24, 2.45) is 0 Å². The monoisotopic (exact) mass is 621 g/mol. The number of ether oxygens (including phenoxy) is 1. The van der Waals surface area contributed by atoms with Gasteiger partial charge in [-0.3, -0.25) is 0 Å². The van der Waals surface area contributed by atoms with Gasteiger partial charge in [-0.05, 0) is 53.3 Å². The highest BCUT2D eigenvalue weighted by Gasteiger charge is 2.41. The first-order chi connectivity index (χ1) is 16.6. The van der Waals surface area contributed by atoms with E-state index in [1.807, 2.05) is 0 Å². The fourth-order valence-corrected chi connectivity index (χ4v) is 7.21. The van der Waals surface area contributed by atoms with Crippen LogP contribution in [0.15, 0.2) is 9.63 Å². The van der Waals surface area contributed by atoms with Crippen molar-refractivity contribution in [1.29, 1.82) is 0 Å². The van der Waals surface area contributed by atoms with Crippen molar-refractivity contribution >= 4 is 62.4 Å². The first-order valence-corrected chi connectivity index (χ1v) is 18.2. The van der Waals surface area contributed by atoms with Gasteiger partial charge in [-0.1, -0.05) is 45.2 Å². The van der Waals surface area contributed by atoms with Crippen molar-refractivity contribution in [3.8, 4) is 5.75 Å². The van der Waals surface area contributed by atoms with E-state index >= 15 is 4.39 Å². The third kappa shape index (κ3) is 5.28. The van der Waals surface area contributed by atoms with Gasteiger partial charge in [0.05, 0.1) is 16.4 Å². The van der Waals surface area contributed by atoms with Gasteiger partial charge in [-0.25, -0.2) is 22.8 Å². The molecular weight excluding hydrogens is 589 g/mol. The van der Waals surface area contributed by atoms with Crippen LogP contribution in [0.2, 0.25) is 23.2 Å². The molecule has 2 aliphatic rings. The first-order valence-electron chi connectivity index (χ1n) is 12.3. The molecule has 2 heterocycles. The van der Waals surface area contributed by atoms with Gasteiger partial charge in [0.1, 0.15) is 23.0 Å². The summed E-state index contributed by atoms with van der Waals surface area (Å²) in [5.74, 6) is -0.128. The summed E-state index contributed by atoms with van der Waals surface area (Å²) in [7, 11) is -5.79. The Kier molecular flexibility index (Phi) is 7.74. The Labute approximate surface area is 227 Å². The summed E-state index contributed by atoms with van der Waals surface area (Å²) in [5, 5.41) is 0.0592. The van der Waals surface area contributed by atoms with Crippen molar-refractivity contribution in [2.45, 2.75) is 88.3 Å². The maximum atomic E-state index is 15.4. The zero-order chi connectivity index (χ0) is 26.6. The first kappa shape index (κ1) is 28.0. The van der Waals surface area contributed by atoms with Gasteiger partial charge in [-0.15, -0.1) is 0 Å². The maximum absolute atomic E-state index is 15.4. The number of anilines is 1. The highest BCUT2D eigenvalue weighted by molar-refractivity contribution is 9.10. The fourth-order valence-electron chi connectivity index (χ4n) is 4.70. The zero-order valence-corrected chi connectivity index (χ0v) is 25.8. The third-order valence-electron chi connectivity index (χ3n) is 7.63. The van der Waals surface area contributed by atoms with Crippen LogP contribution in [0.4, 0.5) is 10.2 Å². The topological polar surface area (TPSA) is 81.6 Å².